The van der Waals surface area contributed by atoms with Crippen LogP contribution < -0.4 is 0 Å². The fourth-order valence-corrected chi connectivity index (χ4v) is 1.51. The molecule has 0 aliphatic rings. The number of rotatable bonds is 3. The van der Waals surface area contributed by atoms with Gasteiger partial charge in [-0.15, -0.1) is 5.10 Å². The Labute approximate surface area is 92.6 Å². The van der Waals surface area contributed by atoms with Crippen molar-refractivity contribution in [3.63, 3.8) is 0 Å². The highest BCUT2D eigenvalue weighted by Crippen LogP contribution is 2.33. The molecule has 0 saturated heterocycles. The zero-order valence-corrected chi connectivity index (χ0v) is 9.84. The minimum Gasteiger partial charge on any atom is -0.237 e. The molecule has 0 N–H and O–H groups in total. The Morgan fingerprint density at radius 2 is 1.75 bits per heavy atom. The quantitative estimate of drug-likeness (QED) is 0.806. The van der Waals surface area contributed by atoms with Crippen LogP contribution in [0.1, 0.15) is 45.1 Å². The highest BCUT2D eigenvalue weighted by Gasteiger charge is 2.39. The zero-order chi connectivity index (χ0) is 12.5. The molecule has 0 fully saturated rings. The van der Waals surface area contributed by atoms with Gasteiger partial charge in [0, 0.05) is 6.04 Å². The van der Waals surface area contributed by atoms with Crippen LogP contribution in [0.2, 0.25) is 0 Å². The fraction of sp³-hybridized carbons (Fsp3) is 0.800. The van der Waals surface area contributed by atoms with Crippen LogP contribution in [-0.4, -0.2) is 15.0 Å². The second-order valence-corrected chi connectivity index (χ2v) is 4.52. The summed E-state index contributed by atoms with van der Waals surface area (Å²) in [5.41, 5.74) is -0.674. The molecule has 3 nitrogen and oxygen atoms in total. The van der Waals surface area contributed by atoms with E-state index < -0.39 is 11.9 Å². The van der Waals surface area contributed by atoms with E-state index in [0.29, 0.717) is 6.42 Å². The molecule has 0 amide bonds. The molecule has 1 aromatic heterocycles. The van der Waals surface area contributed by atoms with Gasteiger partial charge < -0.3 is 0 Å². The van der Waals surface area contributed by atoms with Crippen LogP contribution in [-0.2, 0) is 12.6 Å². The van der Waals surface area contributed by atoms with Crippen molar-refractivity contribution in [2.75, 3.05) is 0 Å². The van der Waals surface area contributed by atoms with Crippen LogP contribution >= 0.6 is 0 Å². The van der Waals surface area contributed by atoms with E-state index in [1.54, 1.807) is 13.8 Å². The van der Waals surface area contributed by atoms with Crippen LogP contribution in [0.25, 0.3) is 0 Å². The Morgan fingerprint density at radius 1 is 1.19 bits per heavy atom. The molecule has 0 radical (unpaired) electrons. The highest BCUT2D eigenvalue weighted by molar-refractivity contribution is 5.15. The molecule has 0 saturated carbocycles. The molecule has 0 aromatic carbocycles. The van der Waals surface area contributed by atoms with Gasteiger partial charge in [0.15, 0.2) is 5.69 Å². The molecule has 1 heterocycles. The van der Waals surface area contributed by atoms with Crippen molar-refractivity contribution in [1.29, 1.82) is 0 Å². The lowest BCUT2D eigenvalue weighted by Gasteiger charge is -2.14. The third kappa shape index (κ3) is 2.74. The first-order chi connectivity index (χ1) is 7.23. The van der Waals surface area contributed by atoms with Gasteiger partial charge in [-0.25, -0.2) is 4.68 Å². The molecular formula is C10H16F3N3. The largest absolute Gasteiger partial charge is 0.434 e. The van der Waals surface area contributed by atoms with Gasteiger partial charge in [-0.3, -0.25) is 0 Å². The summed E-state index contributed by atoms with van der Waals surface area (Å²) in [6.45, 7) is 7.02. The van der Waals surface area contributed by atoms with Crippen LogP contribution in [0.15, 0.2) is 0 Å². The third-order valence-electron chi connectivity index (χ3n) is 2.12. The summed E-state index contributed by atoms with van der Waals surface area (Å²) in [5.74, 6) is 0.124. The summed E-state index contributed by atoms with van der Waals surface area (Å²) in [7, 11) is 0. The van der Waals surface area contributed by atoms with Gasteiger partial charge in [0.05, 0.1) is 5.69 Å². The number of halogens is 3. The van der Waals surface area contributed by atoms with Gasteiger partial charge in [0.25, 0.3) is 0 Å². The van der Waals surface area contributed by atoms with Crippen molar-refractivity contribution in [2.24, 2.45) is 5.92 Å². The number of hydrogen-bond donors (Lipinski definition) is 0. The number of hydrogen-bond acceptors (Lipinski definition) is 2. The topological polar surface area (TPSA) is 30.7 Å². The predicted molar refractivity (Wildman–Crippen MR) is 54.0 cm³/mol. The summed E-state index contributed by atoms with van der Waals surface area (Å²) in [6.07, 6.45) is -4.10. The lowest BCUT2D eigenvalue weighted by Crippen LogP contribution is -2.18. The van der Waals surface area contributed by atoms with E-state index >= 15 is 0 Å². The van der Waals surface area contributed by atoms with Crippen molar-refractivity contribution in [1.82, 2.24) is 15.0 Å². The Morgan fingerprint density at radius 3 is 2.12 bits per heavy atom. The second-order valence-electron chi connectivity index (χ2n) is 4.52. The normalized spacial score (nSPS) is 12.8. The minimum absolute atomic E-state index is 0.0381. The monoisotopic (exact) mass is 235 g/mol. The highest BCUT2D eigenvalue weighted by atomic mass is 19.4. The van der Waals surface area contributed by atoms with Gasteiger partial charge in [0.1, 0.15) is 0 Å². The number of alkyl halides is 3. The van der Waals surface area contributed by atoms with E-state index in [0.717, 1.165) is 4.68 Å². The van der Waals surface area contributed by atoms with E-state index in [1.807, 2.05) is 13.8 Å². The van der Waals surface area contributed by atoms with Crippen molar-refractivity contribution >= 4 is 0 Å². The van der Waals surface area contributed by atoms with E-state index in [9.17, 15) is 13.2 Å². The Balaban J connectivity index is 3.20. The summed E-state index contributed by atoms with van der Waals surface area (Å²) < 4.78 is 39.5. The molecular weight excluding hydrogens is 219 g/mol. The maximum atomic E-state index is 12.9. The van der Waals surface area contributed by atoms with E-state index in [2.05, 4.69) is 10.3 Å². The molecule has 16 heavy (non-hydrogen) atoms. The van der Waals surface area contributed by atoms with Gasteiger partial charge in [-0.05, 0) is 26.2 Å². The average Bonchev–Trinajstić information content (AvgIpc) is 2.45. The Kier molecular flexibility index (Phi) is 3.60. The molecule has 92 valence electrons. The van der Waals surface area contributed by atoms with Crippen molar-refractivity contribution < 1.29 is 13.2 Å². The molecule has 0 bridgehead atoms. The molecule has 1 aromatic rings. The van der Waals surface area contributed by atoms with E-state index in [4.69, 9.17) is 0 Å². The molecule has 6 heteroatoms. The van der Waals surface area contributed by atoms with Crippen LogP contribution in [0, 0.1) is 5.92 Å². The number of aromatic nitrogens is 3. The maximum Gasteiger partial charge on any atom is 0.434 e. The van der Waals surface area contributed by atoms with Crippen LogP contribution in [0.4, 0.5) is 13.2 Å². The Bertz CT molecular complexity index is 353. The SMILES string of the molecule is CC(C)Cc1nnn(C(C)C)c1C(F)(F)F. The zero-order valence-electron chi connectivity index (χ0n) is 9.84. The van der Waals surface area contributed by atoms with Gasteiger partial charge in [-0.2, -0.15) is 13.2 Å². The molecule has 0 unspecified atom stereocenters. The maximum absolute atomic E-state index is 12.9. The average molecular weight is 235 g/mol. The van der Waals surface area contributed by atoms with Crippen molar-refractivity contribution in [2.45, 2.75) is 46.3 Å². The molecule has 1 rings (SSSR count). The predicted octanol–water partition coefficient (Wildman–Crippen LogP) is 3.08. The van der Waals surface area contributed by atoms with Gasteiger partial charge in [0.2, 0.25) is 0 Å². The van der Waals surface area contributed by atoms with Crippen molar-refractivity contribution in [3.8, 4) is 0 Å². The summed E-state index contributed by atoms with van der Waals surface area (Å²) >= 11 is 0. The minimum atomic E-state index is -4.39. The fourth-order valence-electron chi connectivity index (χ4n) is 1.51. The second kappa shape index (κ2) is 4.43. The first-order valence-electron chi connectivity index (χ1n) is 5.24. The summed E-state index contributed by atoms with van der Waals surface area (Å²) in [5, 5.41) is 7.22. The van der Waals surface area contributed by atoms with Crippen molar-refractivity contribution in [3.05, 3.63) is 11.4 Å². The summed E-state index contributed by atoms with van der Waals surface area (Å²) in [4.78, 5) is 0. The third-order valence-corrected chi connectivity index (χ3v) is 2.12. The van der Waals surface area contributed by atoms with Crippen LogP contribution in [0.5, 0.6) is 0 Å². The number of nitrogens with zero attached hydrogens (tertiary/aromatic N) is 3. The standard InChI is InChI=1S/C10H16F3N3/c1-6(2)5-8-9(10(11,12)13)16(7(3)4)15-14-8/h6-7H,5H2,1-4H3. The lowest BCUT2D eigenvalue weighted by atomic mass is 10.1. The van der Waals surface area contributed by atoms with E-state index in [-0.39, 0.29) is 17.7 Å². The van der Waals surface area contributed by atoms with Gasteiger partial charge >= 0.3 is 6.18 Å². The molecule has 0 spiro atoms. The summed E-state index contributed by atoms with van der Waals surface area (Å²) in [6, 6.07) is -0.343. The molecule has 0 aliphatic carbocycles. The first kappa shape index (κ1) is 13.0. The Hall–Kier alpha value is -1.07. The van der Waals surface area contributed by atoms with Gasteiger partial charge in [-0.1, -0.05) is 19.1 Å². The van der Waals surface area contributed by atoms with Crippen LogP contribution in [0.3, 0.4) is 0 Å². The molecule has 0 aliphatic heterocycles. The lowest BCUT2D eigenvalue weighted by molar-refractivity contribution is -0.145. The van der Waals surface area contributed by atoms with E-state index in [1.165, 1.54) is 0 Å². The molecule has 0 atom stereocenters. The first-order valence-corrected chi connectivity index (χ1v) is 5.24. The smallest absolute Gasteiger partial charge is 0.237 e.